The highest BCUT2D eigenvalue weighted by atomic mass is 19.1. The van der Waals surface area contributed by atoms with E-state index in [1.807, 2.05) is 6.07 Å². The highest BCUT2D eigenvalue weighted by molar-refractivity contribution is 5.29. The third kappa shape index (κ3) is 4.68. The van der Waals surface area contributed by atoms with Gasteiger partial charge in [-0.15, -0.1) is 0 Å². The van der Waals surface area contributed by atoms with Gasteiger partial charge in [0, 0.05) is 19.1 Å². The summed E-state index contributed by atoms with van der Waals surface area (Å²) in [6.45, 7) is 1.89. The Hall–Kier alpha value is -1.17. The molecule has 1 atom stereocenters. The molecule has 0 spiro atoms. The van der Waals surface area contributed by atoms with Crippen molar-refractivity contribution in [2.75, 3.05) is 26.7 Å². The van der Waals surface area contributed by atoms with E-state index in [2.05, 4.69) is 5.32 Å². The lowest BCUT2D eigenvalue weighted by Crippen LogP contribution is -2.40. The molecule has 0 aromatic heterocycles. The number of hydrogen-bond acceptors (Lipinski definition) is 4. The van der Waals surface area contributed by atoms with Crippen molar-refractivity contribution < 1.29 is 9.13 Å². The van der Waals surface area contributed by atoms with Crippen LogP contribution < -0.4 is 21.5 Å². The summed E-state index contributed by atoms with van der Waals surface area (Å²) in [6.07, 6.45) is 0.748. The van der Waals surface area contributed by atoms with Gasteiger partial charge in [-0.3, -0.25) is 0 Å². The average Bonchev–Trinajstić information content (AvgIpc) is 2.34. The van der Waals surface area contributed by atoms with Gasteiger partial charge in [-0.2, -0.15) is 0 Å². The second-order valence-electron chi connectivity index (χ2n) is 3.92. The zero-order valence-corrected chi connectivity index (χ0v) is 10.1. The highest BCUT2D eigenvalue weighted by Crippen LogP contribution is 2.17. The molecule has 0 amide bonds. The van der Waals surface area contributed by atoms with Crippen molar-refractivity contribution in [3.8, 4) is 5.75 Å². The van der Waals surface area contributed by atoms with Gasteiger partial charge in [0.25, 0.3) is 0 Å². The lowest BCUT2D eigenvalue weighted by Gasteiger charge is -2.10. The first-order chi connectivity index (χ1) is 8.17. The van der Waals surface area contributed by atoms with Crippen LogP contribution in [0.3, 0.4) is 0 Å². The number of methoxy groups -OCH3 is 1. The van der Waals surface area contributed by atoms with Crippen LogP contribution in [0.25, 0.3) is 0 Å². The Morgan fingerprint density at radius 2 is 2.24 bits per heavy atom. The molecular weight excluding hydrogens is 221 g/mol. The Labute approximate surface area is 101 Å². The summed E-state index contributed by atoms with van der Waals surface area (Å²) in [6, 6.07) is 4.95. The molecule has 1 rings (SSSR count). The summed E-state index contributed by atoms with van der Waals surface area (Å²) in [5.74, 6) is -0.0597. The average molecular weight is 241 g/mol. The smallest absolute Gasteiger partial charge is 0.165 e. The van der Waals surface area contributed by atoms with Gasteiger partial charge in [-0.1, -0.05) is 6.07 Å². The van der Waals surface area contributed by atoms with E-state index in [9.17, 15) is 4.39 Å². The lowest BCUT2D eigenvalue weighted by molar-refractivity contribution is 0.386. The SMILES string of the molecule is COc1ccc(CCNCC(N)CN)cc1F. The summed E-state index contributed by atoms with van der Waals surface area (Å²) in [5, 5.41) is 3.17. The summed E-state index contributed by atoms with van der Waals surface area (Å²) in [4.78, 5) is 0. The van der Waals surface area contributed by atoms with Crippen LogP contribution in [-0.2, 0) is 6.42 Å². The summed E-state index contributed by atoms with van der Waals surface area (Å²) in [7, 11) is 1.45. The fourth-order valence-electron chi connectivity index (χ4n) is 1.47. The maximum Gasteiger partial charge on any atom is 0.165 e. The molecule has 5 heteroatoms. The molecule has 0 aliphatic rings. The van der Waals surface area contributed by atoms with Crippen molar-refractivity contribution >= 4 is 0 Å². The lowest BCUT2D eigenvalue weighted by atomic mass is 10.1. The Balaban J connectivity index is 2.34. The predicted octanol–water partition coefficient (Wildman–Crippen LogP) is 0.252. The van der Waals surface area contributed by atoms with Crippen LogP contribution in [0.15, 0.2) is 18.2 Å². The number of nitrogens with one attached hydrogen (secondary N) is 1. The van der Waals surface area contributed by atoms with E-state index in [0.29, 0.717) is 13.1 Å². The number of rotatable bonds is 7. The molecule has 4 nitrogen and oxygen atoms in total. The van der Waals surface area contributed by atoms with E-state index in [1.54, 1.807) is 6.07 Å². The first-order valence-electron chi connectivity index (χ1n) is 5.66. The maximum atomic E-state index is 13.4. The van der Waals surface area contributed by atoms with Gasteiger partial charge in [0.1, 0.15) is 0 Å². The second kappa shape index (κ2) is 7.21. The second-order valence-corrected chi connectivity index (χ2v) is 3.92. The third-order valence-electron chi connectivity index (χ3n) is 2.52. The van der Waals surface area contributed by atoms with Crippen molar-refractivity contribution in [1.82, 2.24) is 5.32 Å². The zero-order chi connectivity index (χ0) is 12.7. The minimum absolute atomic E-state index is 0.0254. The Morgan fingerprint density at radius 1 is 1.47 bits per heavy atom. The molecule has 1 unspecified atom stereocenters. The van der Waals surface area contributed by atoms with Crippen molar-refractivity contribution in [2.45, 2.75) is 12.5 Å². The van der Waals surface area contributed by atoms with Gasteiger partial charge in [0.05, 0.1) is 7.11 Å². The molecule has 5 N–H and O–H groups in total. The first kappa shape index (κ1) is 13.9. The molecule has 0 bridgehead atoms. The van der Waals surface area contributed by atoms with Crippen LogP contribution in [0.1, 0.15) is 5.56 Å². The molecule has 0 heterocycles. The quantitative estimate of drug-likeness (QED) is 0.598. The van der Waals surface area contributed by atoms with Crippen LogP contribution in [-0.4, -0.2) is 32.8 Å². The van der Waals surface area contributed by atoms with E-state index >= 15 is 0 Å². The van der Waals surface area contributed by atoms with Crippen LogP contribution in [0, 0.1) is 5.82 Å². The van der Waals surface area contributed by atoms with Crippen molar-refractivity contribution in [1.29, 1.82) is 0 Å². The first-order valence-corrected chi connectivity index (χ1v) is 5.66. The predicted molar refractivity (Wildman–Crippen MR) is 66.6 cm³/mol. The monoisotopic (exact) mass is 241 g/mol. The molecule has 0 saturated heterocycles. The van der Waals surface area contributed by atoms with Gasteiger partial charge in [0.2, 0.25) is 0 Å². The largest absolute Gasteiger partial charge is 0.494 e. The molecule has 17 heavy (non-hydrogen) atoms. The number of hydrogen-bond donors (Lipinski definition) is 3. The van der Waals surface area contributed by atoms with E-state index in [1.165, 1.54) is 13.2 Å². The number of nitrogens with two attached hydrogens (primary N) is 2. The van der Waals surface area contributed by atoms with Crippen LogP contribution in [0.5, 0.6) is 5.75 Å². The van der Waals surface area contributed by atoms with Gasteiger partial charge < -0.3 is 21.5 Å². The van der Waals surface area contributed by atoms with Gasteiger partial charge in [-0.05, 0) is 30.7 Å². The van der Waals surface area contributed by atoms with Crippen LogP contribution in [0.4, 0.5) is 4.39 Å². The highest BCUT2D eigenvalue weighted by Gasteiger charge is 2.03. The Kier molecular flexibility index (Phi) is 5.90. The normalized spacial score (nSPS) is 12.5. The molecule has 0 saturated carbocycles. The van der Waals surface area contributed by atoms with Crippen molar-refractivity contribution in [3.05, 3.63) is 29.6 Å². The number of ether oxygens (including phenoxy) is 1. The molecular formula is C12H20FN3O. The van der Waals surface area contributed by atoms with E-state index in [0.717, 1.165) is 18.5 Å². The van der Waals surface area contributed by atoms with Gasteiger partial charge in [-0.25, -0.2) is 4.39 Å². The molecule has 1 aromatic carbocycles. The summed E-state index contributed by atoms with van der Waals surface area (Å²) >= 11 is 0. The fourth-order valence-corrected chi connectivity index (χ4v) is 1.47. The zero-order valence-electron chi connectivity index (χ0n) is 10.1. The summed E-state index contributed by atoms with van der Waals surface area (Å²) < 4.78 is 18.2. The minimum Gasteiger partial charge on any atom is -0.494 e. The molecule has 1 aromatic rings. The number of benzene rings is 1. The number of halogens is 1. The molecule has 0 fully saturated rings. The maximum absolute atomic E-state index is 13.4. The van der Waals surface area contributed by atoms with Crippen molar-refractivity contribution in [2.24, 2.45) is 11.5 Å². The van der Waals surface area contributed by atoms with E-state index < -0.39 is 0 Å². The van der Waals surface area contributed by atoms with Crippen LogP contribution in [0.2, 0.25) is 0 Å². The molecule has 0 aliphatic carbocycles. The molecule has 0 aliphatic heterocycles. The molecule has 0 radical (unpaired) electrons. The van der Waals surface area contributed by atoms with E-state index in [4.69, 9.17) is 16.2 Å². The van der Waals surface area contributed by atoms with Crippen molar-refractivity contribution in [3.63, 3.8) is 0 Å². The Morgan fingerprint density at radius 3 is 2.82 bits per heavy atom. The van der Waals surface area contributed by atoms with Gasteiger partial charge >= 0.3 is 0 Å². The Bertz CT molecular complexity index is 347. The summed E-state index contributed by atoms with van der Waals surface area (Å²) in [5.41, 5.74) is 12.0. The third-order valence-corrected chi connectivity index (χ3v) is 2.52. The standard InChI is InChI=1S/C12H20FN3O/c1-17-12-3-2-9(6-11(12)13)4-5-16-8-10(15)7-14/h2-3,6,10,16H,4-5,7-8,14-15H2,1H3. The molecule has 96 valence electrons. The topological polar surface area (TPSA) is 73.3 Å². The van der Waals surface area contributed by atoms with Gasteiger partial charge in [0.15, 0.2) is 11.6 Å². The van der Waals surface area contributed by atoms with Crippen LogP contribution >= 0.6 is 0 Å². The van der Waals surface area contributed by atoms with E-state index in [-0.39, 0.29) is 17.6 Å². The fraction of sp³-hybridized carbons (Fsp3) is 0.500. The minimum atomic E-state index is -0.330.